The molecule has 0 rings (SSSR count). The van der Waals surface area contributed by atoms with Gasteiger partial charge in [0.2, 0.25) is 5.91 Å². The number of allylic oxidation sites excluding steroid dienone is 3. The van der Waals surface area contributed by atoms with Gasteiger partial charge in [-0.05, 0) is 38.5 Å². The van der Waals surface area contributed by atoms with E-state index in [0.717, 1.165) is 70.6 Å². The minimum absolute atomic E-state index is 0.283. The topological polar surface area (TPSA) is 104 Å². The first-order valence-electron chi connectivity index (χ1n) is 11.5. The van der Waals surface area contributed by atoms with E-state index in [1.165, 1.54) is 12.5 Å². The fourth-order valence-corrected chi connectivity index (χ4v) is 3.83. The molecule has 0 aromatic rings. The molecular formula is C23H43NO5S. The van der Waals surface area contributed by atoms with Gasteiger partial charge in [-0.15, -0.1) is 0 Å². The van der Waals surface area contributed by atoms with Crippen LogP contribution in [0.2, 0.25) is 0 Å². The van der Waals surface area contributed by atoms with Crippen LogP contribution in [0.3, 0.4) is 0 Å². The molecule has 176 valence electrons. The van der Waals surface area contributed by atoms with E-state index >= 15 is 0 Å². The van der Waals surface area contributed by atoms with Crippen molar-refractivity contribution in [2.24, 2.45) is 0 Å². The summed E-state index contributed by atoms with van der Waals surface area (Å²) in [5, 5.41) is 12.8. The molecule has 0 spiro atoms. The predicted octanol–water partition coefficient (Wildman–Crippen LogP) is 4.94. The Hall–Kier alpha value is -1.18. The highest BCUT2D eigenvalue weighted by Crippen LogP contribution is 2.09. The molecule has 0 aliphatic carbocycles. The quantitative estimate of drug-likeness (QED) is 0.148. The van der Waals surface area contributed by atoms with Crippen molar-refractivity contribution in [3.05, 3.63) is 24.3 Å². The number of hydrogen-bond acceptors (Lipinski definition) is 4. The lowest BCUT2D eigenvalue weighted by atomic mass is 10.1. The Morgan fingerprint density at radius 1 is 0.867 bits per heavy atom. The summed E-state index contributed by atoms with van der Waals surface area (Å²) >= 11 is 0. The molecule has 7 heteroatoms. The van der Waals surface area contributed by atoms with Crippen LogP contribution in [0, 0.1) is 0 Å². The van der Waals surface area contributed by atoms with Crippen LogP contribution in [0.5, 0.6) is 0 Å². The number of nitrogens with one attached hydrogen (secondary N) is 1. The van der Waals surface area contributed by atoms with E-state index in [9.17, 15) is 18.3 Å². The fraction of sp³-hybridized carbons (Fsp3) is 0.783. The minimum atomic E-state index is -4.31. The molecule has 0 aliphatic rings. The van der Waals surface area contributed by atoms with Gasteiger partial charge < -0.3 is 10.4 Å². The van der Waals surface area contributed by atoms with Gasteiger partial charge in [-0.2, -0.15) is 8.42 Å². The van der Waals surface area contributed by atoms with Crippen molar-refractivity contribution in [2.75, 3.05) is 5.75 Å². The molecule has 0 bridgehead atoms. The normalized spacial score (nSPS) is 14.4. The van der Waals surface area contributed by atoms with Gasteiger partial charge in [-0.1, -0.05) is 76.7 Å². The van der Waals surface area contributed by atoms with Crippen LogP contribution in [-0.4, -0.2) is 41.9 Å². The lowest BCUT2D eigenvalue weighted by molar-refractivity contribution is -0.122. The number of aliphatic hydroxyl groups is 1. The van der Waals surface area contributed by atoms with E-state index in [2.05, 4.69) is 31.3 Å². The summed E-state index contributed by atoms with van der Waals surface area (Å²) in [7, 11) is -4.31. The second kappa shape index (κ2) is 18.6. The summed E-state index contributed by atoms with van der Waals surface area (Å²) in [5.74, 6) is -1.00. The molecular weight excluding hydrogens is 402 g/mol. The largest absolute Gasteiger partial charge is 0.387 e. The van der Waals surface area contributed by atoms with Crippen LogP contribution < -0.4 is 5.32 Å². The maximum absolute atomic E-state index is 12.2. The lowest BCUT2D eigenvalue weighted by Crippen LogP contribution is -2.46. The zero-order valence-corrected chi connectivity index (χ0v) is 19.7. The van der Waals surface area contributed by atoms with Gasteiger partial charge in [-0.25, -0.2) is 0 Å². The van der Waals surface area contributed by atoms with Crippen molar-refractivity contribution in [1.82, 2.24) is 5.32 Å². The number of aliphatic hydroxyl groups excluding tert-OH is 1. The molecule has 0 fully saturated rings. The Morgan fingerprint density at radius 2 is 1.47 bits per heavy atom. The number of carbonyl (C=O) groups is 1. The average molecular weight is 446 g/mol. The Kier molecular flexibility index (Phi) is 17.8. The summed E-state index contributed by atoms with van der Waals surface area (Å²) in [5.41, 5.74) is 0. The third-order valence-electron chi connectivity index (χ3n) is 4.85. The first kappa shape index (κ1) is 28.8. The van der Waals surface area contributed by atoms with Crippen molar-refractivity contribution in [2.45, 2.75) is 109 Å². The molecule has 0 saturated heterocycles. The van der Waals surface area contributed by atoms with Crippen molar-refractivity contribution in [1.29, 1.82) is 0 Å². The van der Waals surface area contributed by atoms with Gasteiger partial charge in [0.1, 0.15) is 0 Å². The third-order valence-corrected chi connectivity index (χ3v) is 5.63. The molecule has 0 radical (unpaired) electrons. The summed E-state index contributed by atoms with van der Waals surface area (Å²) in [6.45, 7) is 4.26. The number of hydrogen-bond donors (Lipinski definition) is 3. The first-order chi connectivity index (χ1) is 14.3. The summed E-state index contributed by atoms with van der Waals surface area (Å²) in [4.78, 5) is 12.2. The van der Waals surface area contributed by atoms with Crippen LogP contribution in [-0.2, 0) is 14.9 Å². The third kappa shape index (κ3) is 18.8. The van der Waals surface area contributed by atoms with Gasteiger partial charge >= 0.3 is 0 Å². The molecule has 6 nitrogen and oxygen atoms in total. The van der Waals surface area contributed by atoms with Crippen LogP contribution >= 0.6 is 0 Å². The molecule has 2 atom stereocenters. The fourth-order valence-electron chi connectivity index (χ4n) is 3.09. The standard InChI is InChI=1S/C23H43NO5S/c1-3-5-7-9-10-11-12-13-15-17-19-23(26)24-21(20-30(27,28)29)22(25)18-16-14-8-6-4-2/h7,9,16,18,21-22,25H,3-6,8,10-15,17,19-20H2,1-2H3,(H,24,26)(H,27,28,29)/b9-7-,18-16+. The van der Waals surface area contributed by atoms with Crippen LogP contribution in [0.15, 0.2) is 24.3 Å². The molecule has 0 aromatic heterocycles. The van der Waals surface area contributed by atoms with Gasteiger partial charge in [0.15, 0.2) is 0 Å². The van der Waals surface area contributed by atoms with E-state index in [-0.39, 0.29) is 12.3 Å². The Bertz CT molecular complexity index is 586. The maximum Gasteiger partial charge on any atom is 0.267 e. The molecule has 3 N–H and O–H groups in total. The highest BCUT2D eigenvalue weighted by Gasteiger charge is 2.24. The molecule has 0 heterocycles. The zero-order chi connectivity index (χ0) is 22.7. The Labute approximate surface area is 184 Å². The number of rotatable bonds is 19. The van der Waals surface area contributed by atoms with Gasteiger partial charge in [-0.3, -0.25) is 9.35 Å². The SMILES string of the molecule is CCC/C=C\CCCCCCCC(=O)NC(CS(=O)(=O)O)C(O)/C=C/CCCCC. The van der Waals surface area contributed by atoms with Gasteiger partial charge in [0.25, 0.3) is 10.1 Å². The Morgan fingerprint density at radius 3 is 2.13 bits per heavy atom. The number of unbranched alkanes of at least 4 members (excludes halogenated alkanes) is 9. The zero-order valence-electron chi connectivity index (χ0n) is 18.9. The monoisotopic (exact) mass is 445 g/mol. The number of carbonyl (C=O) groups excluding carboxylic acids is 1. The summed E-state index contributed by atoms with van der Waals surface area (Å²) in [6.07, 6.45) is 19.2. The highest BCUT2D eigenvalue weighted by atomic mass is 32.2. The molecule has 2 unspecified atom stereocenters. The smallest absolute Gasteiger partial charge is 0.267 e. The lowest BCUT2D eigenvalue weighted by Gasteiger charge is -2.21. The molecule has 1 amide bonds. The highest BCUT2D eigenvalue weighted by molar-refractivity contribution is 7.85. The van der Waals surface area contributed by atoms with Crippen LogP contribution in [0.25, 0.3) is 0 Å². The van der Waals surface area contributed by atoms with E-state index < -0.39 is 28.0 Å². The molecule has 0 aromatic carbocycles. The summed E-state index contributed by atoms with van der Waals surface area (Å²) < 4.78 is 31.6. The second-order valence-electron chi connectivity index (χ2n) is 7.90. The van der Waals surface area contributed by atoms with E-state index in [1.807, 2.05) is 0 Å². The van der Waals surface area contributed by atoms with Crippen molar-refractivity contribution < 1.29 is 22.9 Å². The molecule has 0 saturated carbocycles. The first-order valence-corrected chi connectivity index (χ1v) is 13.1. The van der Waals surface area contributed by atoms with Crippen LogP contribution in [0.1, 0.15) is 97.3 Å². The average Bonchev–Trinajstić information content (AvgIpc) is 2.67. The second-order valence-corrected chi connectivity index (χ2v) is 9.40. The van der Waals surface area contributed by atoms with Crippen LogP contribution in [0.4, 0.5) is 0 Å². The van der Waals surface area contributed by atoms with Gasteiger partial charge in [0.05, 0.1) is 17.9 Å². The van der Waals surface area contributed by atoms with Crippen molar-refractivity contribution in [3.8, 4) is 0 Å². The van der Waals surface area contributed by atoms with E-state index in [0.29, 0.717) is 0 Å². The minimum Gasteiger partial charge on any atom is -0.387 e. The van der Waals surface area contributed by atoms with Gasteiger partial charge in [0, 0.05) is 6.42 Å². The predicted molar refractivity (Wildman–Crippen MR) is 124 cm³/mol. The van der Waals surface area contributed by atoms with E-state index in [4.69, 9.17) is 4.55 Å². The van der Waals surface area contributed by atoms with E-state index in [1.54, 1.807) is 6.08 Å². The maximum atomic E-state index is 12.2. The van der Waals surface area contributed by atoms with Crippen molar-refractivity contribution >= 4 is 16.0 Å². The Balaban J connectivity index is 4.23. The molecule has 0 aliphatic heterocycles. The van der Waals surface area contributed by atoms with Crippen molar-refractivity contribution in [3.63, 3.8) is 0 Å². The summed E-state index contributed by atoms with van der Waals surface area (Å²) in [6, 6.07) is -1.05. The number of amides is 1. The molecule has 30 heavy (non-hydrogen) atoms.